The predicted molar refractivity (Wildman–Crippen MR) is 91.5 cm³/mol. The standard InChI is InChI=1S/C20H18N2O2/c23-20(18-13-19(24-22-18)15-8-2-1-3-9-15)21-17-12-6-10-14-7-4-5-11-16(14)17/h1-5,7-9,11,13,17H,6,10,12H2,(H,21,23)/t17-/m0/s1. The van der Waals surface area contributed by atoms with E-state index in [1.807, 2.05) is 42.5 Å². The van der Waals surface area contributed by atoms with Gasteiger partial charge in [-0.3, -0.25) is 4.79 Å². The third-order valence-electron chi connectivity index (χ3n) is 4.48. The van der Waals surface area contributed by atoms with Crippen LogP contribution in [-0.4, -0.2) is 11.1 Å². The Morgan fingerprint density at radius 1 is 1.08 bits per heavy atom. The minimum Gasteiger partial charge on any atom is -0.355 e. The molecule has 0 unspecified atom stereocenters. The third-order valence-corrected chi connectivity index (χ3v) is 4.48. The van der Waals surface area contributed by atoms with Gasteiger partial charge in [-0.1, -0.05) is 59.8 Å². The topological polar surface area (TPSA) is 55.1 Å². The van der Waals surface area contributed by atoms with Gasteiger partial charge in [0.05, 0.1) is 6.04 Å². The van der Waals surface area contributed by atoms with Crippen LogP contribution in [0.3, 0.4) is 0 Å². The molecule has 0 bridgehead atoms. The fourth-order valence-corrected chi connectivity index (χ4v) is 3.26. The molecule has 0 saturated carbocycles. The van der Waals surface area contributed by atoms with Gasteiger partial charge in [-0.25, -0.2) is 0 Å². The van der Waals surface area contributed by atoms with Gasteiger partial charge in [0.1, 0.15) is 0 Å². The van der Waals surface area contributed by atoms with Crippen LogP contribution < -0.4 is 5.32 Å². The second-order valence-corrected chi connectivity index (χ2v) is 6.06. The zero-order valence-electron chi connectivity index (χ0n) is 13.2. The molecule has 24 heavy (non-hydrogen) atoms. The summed E-state index contributed by atoms with van der Waals surface area (Å²) in [7, 11) is 0. The summed E-state index contributed by atoms with van der Waals surface area (Å²) in [5.41, 5.74) is 3.76. The molecule has 4 rings (SSSR count). The Labute approximate surface area is 140 Å². The highest BCUT2D eigenvalue weighted by molar-refractivity contribution is 5.93. The van der Waals surface area contributed by atoms with Crippen molar-refractivity contribution in [3.63, 3.8) is 0 Å². The van der Waals surface area contributed by atoms with E-state index < -0.39 is 0 Å². The summed E-state index contributed by atoms with van der Waals surface area (Å²) >= 11 is 0. The lowest BCUT2D eigenvalue weighted by molar-refractivity contribution is 0.0923. The number of hydrogen-bond acceptors (Lipinski definition) is 3. The maximum Gasteiger partial charge on any atom is 0.273 e. The zero-order valence-corrected chi connectivity index (χ0v) is 13.2. The molecule has 1 aliphatic carbocycles. The Morgan fingerprint density at radius 3 is 2.75 bits per heavy atom. The quantitative estimate of drug-likeness (QED) is 0.789. The summed E-state index contributed by atoms with van der Waals surface area (Å²) < 4.78 is 5.32. The minimum absolute atomic E-state index is 0.0410. The molecule has 1 N–H and O–H groups in total. The Kier molecular flexibility index (Phi) is 3.87. The van der Waals surface area contributed by atoms with Crippen molar-refractivity contribution < 1.29 is 9.32 Å². The molecule has 120 valence electrons. The smallest absolute Gasteiger partial charge is 0.273 e. The van der Waals surface area contributed by atoms with Crippen LogP contribution in [0.1, 0.15) is 40.5 Å². The highest BCUT2D eigenvalue weighted by Crippen LogP contribution is 2.29. The molecule has 2 aromatic carbocycles. The van der Waals surface area contributed by atoms with Crippen molar-refractivity contribution >= 4 is 5.91 Å². The molecule has 0 fully saturated rings. The van der Waals surface area contributed by atoms with Crippen LogP contribution in [0.15, 0.2) is 65.2 Å². The van der Waals surface area contributed by atoms with E-state index in [0.717, 1.165) is 24.8 Å². The maximum absolute atomic E-state index is 12.5. The molecule has 1 atom stereocenters. The number of carbonyl (C=O) groups excluding carboxylic acids is 1. The number of benzene rings is 2. The van der Waals surface area contributed by atoms with Crippen molar-refractivity contribution in [2.24, 2.45) is 0 Å². The van der Waals surface area contributed by atoms with Gasteiger partial charge in [0.25, 0.3) is 5.91 Å². The number of nitrogens with zero attached hydrogens (tertiary/aromatic N) is 1. The molecule has 0 radical (unpaired) electrons. The molecule has 3 aromatic rings. The molecule has 1 heterocycles. The molecule has 0 saturated heterocycles. The molecule has 1 amide bonds. The third kappa shape index (κ3) is 2.83. The lowest BCUT2D eigenvalue weighted by Crippen LogP contribution is -2.31. The van der Waals surface area contributed by atoms with Crippen molar-refractivity contribution in [1.29, 1.82) is 0 Å². The van der Waals surface area contributed by atoms with E-state index in [-0.39, 0.29) is 11.9 Å². The van der Waals surface area contributed by atoms with Crippen LogP contribution in [0.25, 0.3) is 11.3 Å². The molecule has 1 aliphatic rings. The van der Waals surface area contributed by atoms with E-state index in [0.29, 0.717) is 11.5 Å². The second kappa shape index (κ2) is 6.32. The number of aromatic nitrogens is 1. The summed E-state index contributed by atoms with van der Waals surface area (Å²) in [4.78, 5) is 12.5. The molecular formula is C20H18N2O2. The fourth-order valence-electron chi connectivity index (χ4n) is 3.26. The molecular weight excluding hydrogens is 300 g/mol. The summed E-state index contributed by atoms with van der Waals surface area (Å²) in [6, 6.07) is 19.7. The minimum atomic E-state index is -0.192. The first-order chi connectivity index (χ1) is 11.8. The number of amides is 1. The van der Waals surface area contributed by atoms with E-state index in [9.17, 15) is 4.79 Å². The maximum atomic E-state index is 12.5. The van der Waals surface area contributed by atoms with Gasteiger partial charge in [0, 0.05) is 11.6 Å². The van der Waals surface area contributed by atoms with Crippen LogP contribution in [0.2, 0.25) is 0 Å². The number of hydrogen-bond donors (Lipinski definition) is 1. The van der Waals surface area contributed by atoms with Gasteiger partial charge in [-0.05, 0) is 30.4 Å². The average Bonchev–Trinajstić information content (AvgIpc) is 3.13. The monoisotopic (exact) mass is 318 g/mol. The first-order valence-electron chi connectivity index (χ1n) is 8.22. The lowest BCUT2D eigenvalue weighted by atomic mass is 9.87. The van der Waals surface area contributed by atoms with Crippen molar-refractivity contribution in [2.45, 2.75) is 25.3 Å². The first kappa shape index (κ1) is 14.7. The number of nitrogens with one attached hydrogen (secondary N) is 1. The molecule has 1 aromatic heterocycles. The van der Waals surface area contributed by atoms with Gasteiger partial charge in [-0.2, -0.15) is 0 Å². The van der Waals surface area contributed by atoms with Crippen molar-refractivity contribution in [3.8, 4) is 11.3 Å². The summed E-state index contributed by atoms with van der Waals surface area (Å²) in [5.74, 6) is 0.410. The SMILES string of the molecule is O=C(N[C@H]1CCCc2ccccc21)c1cc(-c2ccccc2)on1. The van der Waals surface area contributed by atoms with Crippen molar-refractivity contribution in [1.82, 2.24) is 10.5 Å². The Hall–Kier alpha value is -2.88. The fraction of sp³-hybridized carbons (Fsp3) is 0.200. The largest absolute Gasteiger partial charge is 0.355 e. The van der Waals surface area contributed by atoms with E-state index in [1.54, 1.807) is 6.07 Å². The second-order valence-electron chi connectivity index (χ2n) is 6.06. The van der Waals surface area contributed by atoms with Gasteiger partial charge >= 0.3 is 0 Å². The van der Waals surface area contributed by atoms with Gasteiger partial charge in [0.2, 0.25) is 0 Å². The van der Waals surface area contributed by atoms with Crippen LogP contribution in [0.4, 0.5) is 0 Å². The van der Waals surface area contributed by atoms with Gasteiger partial charge < -0.3 is 9.84 Å². The van der Waals surface area contributed by atoms with E-state index in [2.05, 4.69) is 22.6 Å². The Balaban J connectivity index is 1.53. The number of aryl methyl sites for hydroxylation is 1. The first-order valence-corrected chi connectivity index (χ1v) is 8.22. The molecule has 4 heteroatoms. The summed E-state index contributed by atoms with van der Waals surface area (Å²) in [6.45, 7) is 0. The molecule has 0 spiro atoms. The van der Waals surface area contributed by atoms with Crippen molar-refractivity contribution in [2.75, 3.05) is 0 Å². The summed E-state index contributed by atoms with van der Waals surface area (Å²) in [5, 5.41) is 7.02. The van der Waals surface area contributed by atoms with E-state index in [1.165, 1.54) is 11.1 Å². The predicted octanol–water partition coefficient (Wildman–Crippen LogP) is 4.15. The Bertz CT molecular complexity index is 855. The number of carbonyl (C=O) groups is 1. The van der Waals surface area contributed by atoms with Gasteiger partial charge in [0.15, 0.2) is 11.5 Å². The van der Waals surface area contributed by atoms with Gasteiger partial charge in [-0.15, -0.1) is 0 Å². The van der Waals surface area contributed by atoms with Crippen LogP contribution in [0.5, 0.6) is 0 Å². The highest BCUT2D eigenvalue weighted by atomic mass is 16.5. The molecule has 4 nitrogen and oxygen atoms in total. The average molecular weight is 318 g/mol. The van der Waals surface area contributed by atoms with Crippen LogP contribution in [0, 0.1) is 0 Å². The zero-order chi connectivity index (χ0) is 16.4. The molecule has 0 aliphatic heterocycles. The Morgan fingerprint density at radius 2 is 1.88 bits per heavy atom. The number of fused-ring (bicyclic) bond motifs is 1. The highest BCUT2D eigenvalue weighted by Gasteiger charge is 2.23. The van der Waals surface area contributed by atoms with E-state index >= 15 is 0 Å². The van der Waals surface area contributed by atoms with Crippen molar-refractivity contribution in [3.05, 3.63) is 77.5 Å². The summed E-state index contributed by atoms with van der Waals surface area (Å²) in [6.07, 6.45) is 3.10. The lowest BCUT2D eigenvalue weighted by Gasteiger charge is -2.25. The number of rotatable bonds is 3. The van der Waals surface area contributed by atoms with Crippen LogP contribution >= 0.6 is 0 Å². The van der Waals surface area contributed by atoms with Crippen LogP contribution in [-0.2, 0) is 6.42 Å². The van der Waals surface area contributed by atoms with E-state index in [4.69, 9.17) is 4.52 Å². The normalized spacial score (nSPS) is 16.4.